The normalized spacial score (nSPS) is 28.1. The Morgan fingerprint density at radius 1 is 1.30 bits per heavy atom. The van der Waals surface area contributed by atoms with Crippen LogP contribution in [0.25, 0.3) is 0 Å². The highest BCUT2D eigenvalue weighted by Crippen LogP contribution is 2.15. The van der Waals surface area contributed by atoms with Gasteiger partial charge in [-0.3, -0.25) is 14.6 Å². The second kappa shape index (κ2) is 5.72. The summed E-state index contributed by atoms with van der Waals surface area (Å²) in [5, 5.41) is 13.8. The third-order valence-corrected chi connectivity index (χ3v) is 4.04. The number of nitrogens with zero attached hydrogens (tertiary/aromatic N) is 4. The van der Waals surface area contributed by atoms with E-state index in [1.165, 1.54) is 13.1 Å². The SMILES string of the molecule is CNC(=O)c1ccc(NCC2CN3CCN2CC3)nn1. The van der Waals surface area contributed by atoms with E-state index < -0.39 is 0 Å². The van der Waals surface area contributed by atoms with Crippen molar-refractivity contribution in [3.63, 3.8) is 0 Å². The second-order valence-corrected chi connectivity index (χ2v) is 5.25. The fourth-order valence-electron chi connectivity index (χ4n) is 2.82. The number of fused-ring (bicyclic) bond motifs is 3. The first-order chi connectivity index (χ1) is 9.76. The number of anilines is 1. The van der Waals surface area contributed by atoms with Crippen LogP contribution < -0.4 is 10.6 Å². The molecule has 20 heavy (non-hydrogen) atoms. The number of hydrogen-bond donors (Lipinski definition) is 2. The van der Waals surface area contributed by atoms with Gasteiger partial charge in [-0.1, -0.05) is 0 Å². The van der Waals surface area contributed by atoms with E-state index >= 15 is 0 Å². The zero-order valence-electron chi connectivity index (χ0n) is 11.7. The highest BCUT2D eigenvalue weighted by Gasteiger charge is 2.31. The highest BCUT2D eigenvalue weighted by atomic mass is 16.1. The third-order valence-electron chi connectivity index (χ3n) is 4.04. The van der Waals surface area contributed by atoms with Gasteiger partial charge in [0.15, 0.2) is 5.69 Å². The molecule has 1 unspecified atom stereocenters. The van der Waals surface area contributed by atoms with Gasteiger partial charge in [0.25, 0.3) is 5.91 Å². The Morgan fingerprint density at radius 2 is 2.10 bits per heavy atom. The summed E-state index contributed by atoms with van der Waals surface area (Å²) in [6, 6.07) is 4.03. The van der Waals surface area contributed by atoms with E-state index in [1.807, 2.05) is 0 Å². The van der Waals surface area contributed by atoms with Crippen molar-refractivity contribution >= 4 is 11.7 Å². The van der Waals surface area contributed by atoms with Gasteiger partial charge >= 0.3 is 0 Å². The molecule has 0 spiro atoms. The number of aromatic nitrogens is 2. The van der Waals surface area contributed by atoms with Crippen LogP contribution >= 0.6 is 0 Å². The maximum absolute atomic E-state index is 11.4. The molecule has 1 aromatic heterocycles. The number of carbonyl (C=O) groups excluding carboxylic acids is 1. The molecular formula is C13H20N6O. The number of amides is 1. The lowest BCUT2D eigenvalue weighted by molar-refractivity contribution is 0.0189. The lowest BCUT2D eigenvalue weighted by atomic mass is 10.1. The van der Waals surface area contributed by atoms with E-state index in [4.69, 9.17) is 0 Å². The molecule has 3 fully saturated rings. The van der Waals surface area contributed by atoms with Crippen molar-refractivity contribution in [3.8, 4) is 0 Å². The Bertz CT molecular complexity index is 468. The van der Waals surface area contributed by atoms with Gasteiger partial charge in [-0.2, -0.15) is 0 Å². The summed E-state index contributed by atoms with van der Waals surface area (Å²) in [5.41, 5.74) is 0.338. The summed E-state index contributed by atoms with van der Waals surface area (Å²) in [4.78, 5) is 16.4. The molecule has 7 nitrogen and oxygen atoms in total. The van der Waals surface area contributed by atoms with Gasteiger partial charge < -0.3 is 10.6 Å². The third kappa shape index (κ3) is 2.73. The van der Waals surface area contributed by atoms with Crippen molar-refractivity contribution in [2.45, 2.75) is 6.04 Å². The van der Waals surface area contributed by atoms with Crippen LogP contribution in [-0.4, -0.2) is 78.3 Å². The molecule has 108 valence electrons. The van der Waals surface area contributed by atoms with Gasteiger partial charge in [-0.25, -0.2) is 0 Å². The molecule has 0 aromatic carbocycles. The zero-order valence-corrected chi connectivity index (χ0v) is 11.7. The predicted octanol–water partition coefficient (Wildman–Crippen LogP) is -0.752. The Morgan fingerprint density at radius 3 is 2.65 bits per heavy atom. The summed E-state index contributed by atoms with van der Waals surface area (Å²) in [6.07, 6.45) is 0. The van der Waals surface area contributed by atoms with Gasteiger partial charge in [-0.05, 0) is 12.1 Å². The van der Waals surface area contributed by atoms with Crippen LogP contribution in [0.4, 0.5) is 5.82 Å². The summed E-state index contributed by atoms with van der Waals surface area (Å²) in [5.74, 6) is 0.503. The quantitative estimate of drug-likeness (QED) is 0.754. The van der Waals surface area contributed by atoms with Crippen LogP contribution in [0.5, 0.6) is 0 Å². The first-order valence-corrected chi connectivity index (χ1v) is 7.02. The molecule has 7 heteroatoms. The summed E-state index contributed by atoms with van der Waals surface area (Å²) in [6.45, 7) is 6.69. The summed E-state index contributed by atoms with van der Waals surface area (Å²) >= 11 is 0. The second-order valence-electron chi connectivity index (χ2n) is 5.25. The number of rotatable bonds is 4. The topological polar surface area (TPSA) is 73.4 Å². The van der Waals surface area contributed by atoms with Crippen molar-refractivity contribution in [1.82, 2.24) is 25.3 Å². The van der Waals surface area contributed by atoms with Crippen LogP contribution in [-0.2, 0) is 0 Å². The monoisotopic (exact) mass is 276 g/mol. The van der Waals surface area contributed by atoms with E-state index in [9.17, 15) is 4.79 Å². The number of hydrogen-bond acceptors (Lipinski definition) is 6. The molecular weight excluding hydrogens is 256 g/mol. The van der Waals surface area contributed by atoms with Gasteiger partial charge in [0.05, 0.1) is 0 Å². The standard InChI is InChI=1S/C13H20N6O/c1-14-13(20)11-2-3-12(17-16-11)15-8-10-9-18-4-6-19(10)7-5-18/h2-3,10H,4-9H2,1H3,(H,14,20)(H,15,17). The fraction of sp³-hybridized carbons (Fsp3) is 0.615. The van der Waals surface area contributed by atoms with E-state index in [-0.39, 0.29) is 5.91 Å². The summed E-state index contributed by atoms with van der Waals surface area (Å²) in [7, 11) is 1.58. The van der Waals surface area contributed by atoms with Crippen molar-refractivity contribution in [3.05, 3.63) is 17.8 Å². The largest absolute Gasteiger partial charge is 0.367 e. The van der Waals surface area contributed by atoms with E-state index in [0.717, 1.165) is 32.0 Å². The van der Waals surface area contributed by atoms with E-state index in [1.54, 1.807) is 19.2 Å². The Balaban J connectivity index is 1.54. The number of piperazine rings is 3. The summed E-state index contributed by atoms with van der Waals surface area (Å²) < 4.78 is 0. The van der Waals surface area contributed by atoms with Crippen molar-refractivity contribution in [1.29, 1.82) is 0 Å². The molecule has 4 rings (SSSR count). The van der Waals surface area contributed by atoms with Gasteiger partial charge in [-0.15, -0.1) is 10.2 Å². The molecule has 1 atom stereocenters. The van der Waals surface area contributed by atoms with Crippen LogP contribution in [0.3, 0.4) is 0 Å². The molecule has 3 saturated heterocycles. The lowest BCUT2D eigenvalue weighted by Crippen LogP contribution is -2.62. The fourth-order valence-corrected chi connectivity index (χ4v) is 2.82. The zero-order chi connectivity index (χ0) is 13.9. The maximum atomic E-state index is 11.4. The molecule has 0 aliphatic carbocycles. The van der Waals surface area contributed by atoms with Crippen LogP contribution in [0.15, 0.2) is 12.1 Å². The highest BCUT2D eigenvalue weighted by molar-refractivity contribution is 5.91. The van der Waals surface area contributed by atoms with Crippen LogP contribution in [0.2, 0.25) is 0 Å². The average Bonchev–Trinajstić information content (AvgIpc) is 2.54. The molecule has 0 radical (unpaired) electrons. The first-order valence-electron chi connectivity index (χ1n) is 7.02. The first kappa shape index (κ1) is 13.3. The number of carbonyl (C=O) groups is 1. The van der Waals surface area contributed by atoms with Gasteiger partial charge in [0.2, 0.25) is 0 Å². The molecule has 4 heterocycles. The minimum Gasteiger partial charge on any atom is -0.367 e. The molecule has 3 aliphatic heterocycles. The molecule has 3 aliphatic rings. The molecule has 2 N–H and O–H groups in total. The minimum atomic E-state index is -0.215. The molecule has 1 amide bonds. The minimum absolute atomic E-state index is 0.215. The van der Waals surface area contributed by atoms with Gasteiger partial charge in [0.1, 0.15) is 5.82 Å². The predicted molar refractivity (Wildman–Crippen MR) is 75.7 cm³/mol. The smallest absolute Gasteiger partial charge is 0.271 e. The molecule has 0 saturated carbocycles. The lowest BCUT2D eigenvalue weighted by Gasteiger charge is -2.47. The number of nitrogens with one attached hydrogen (secondary N) is 2. The van der Waals surface area contributed by atoms with Crippen molar-refractivity contribution in [2.75, 3.05) is 51.6 Å². The van der Waals surface area contributed by atoms with E-state index in [2.05, 4.69) is 30.6 Å². The van der Waals surface area contributed by atoms with Crippen LogP contribution in [0.1, 0.15) is 10.5 Å². The van der Waals surface area contributed by atoms with Crippen molar-refractivity contribution < 1.29 is 4.79 Å². The Labute approximate surface area is 118 Å². The average molecular weight is 276 g/mol. The Kier molecular flexibility index (Phi) is 3.79. The van der Waals surface area contributed by atoms with E-state index in [0.29, 0.717) is 11.7 Å². The maximum Gasteiger partial charge on any atom is 0.271 e. The Hall–Kier alpha value is -1.73. The molecule has 2 bridgehead atoms. The van der Waals surface area contributed by atoms with Crippen LogP contribution in [0, 0.1) is 0 Å². The molecule has 1 aromatic rings. The van der Waals surface area contributed by atoms with Crippen molar-refractivity contribution in [2.24, 2.45) is 0 Å². The van der Waals surface area contributed by atoms with Gasteiger partial charge in [0, 0.05) is 52.4 Å².